The van der Waals surface area contributed by atoms with Gasteiger partial charge in [0, 0.05) is 30.6 Å². The van der Waals surface area contributed by atoms with E-state index in [-0.39, 0.29) is 6.04 Å². The first kappa shape index (κ1) is 18.3. The average Bonchev–Trinajstić information content (AvgIpc) is 3.36. The first-order valence-electron chi connectivity index (χ1n) is 11.2. The third-order valence-electron chi connectivity index (χ3n) is 7.05. The fraction of sp³-hybridized carbons (Fsp3) is 0.440. The van der Waals surface area contributed by atoms with Gasteiger partial charge in [-0.05, 0) is 73.1 Å². The fourth-order valence-corrected chi connectivity index (χ4v) is 5.45. The van der Waals surface area contributed by atoms with Crippen molar-refractivity contribution in [2.24, 2.45) is 0 Å². The van der Waals surface area contributed by atoms with Crippen LogP contribution in [0, 0.1) is 0 Å². The van der Waals surface area contributed by atoms with Gasteiger partial charge in [0.05, 0.1) is 24.7 Å². The smallest absolute Gasteiger partial charge is 0.145 e. The van der Waals surface area contributed by atoms with Crippen molar-refractivity contribution in [3.8, 4) is 5.75 Å². The largest absolute Gasteiger partial charge is 0.491 e. The Bertz CT molecular complexity index is 1070. The number of ether oxygens (including phenoxy) is 1. The van der Waals surface area contributed by atoms with Crippen molar-refractivity contribution in [3.63, 3.8) is 0 Å². The molecule has 3 heterocycles. The summed E-state index contributed by atoms with van der Waals surface area (Å²) in [5.41, 5.74) is 5.75. The quantitative estimate of drug-likeness (QED) is 0.692. The van der Waals surface area contributed by atoms with E-state index < -0.39 is 6.10 Å². The number of para-hydroxylation sites is 1. The molecule has 2 unspecified atom stereocenters. The molecule has 0 radical (unpaired) electrons. The number of aliphatic hydroxyl groups is 1. The Hall–Kier alpha value is -2.50. The molecular weight excluding hydrogens is 376 g/mol. The van der Waals surface area contributed by atoms with Crippen molar-refractivity contribution in [2.45, 2.75) is 50.3 Å². The number of nitrogens with one attached hydrogen (secondary N) is 1. The summed E-state index contributed by atoms with van der Waals surface area (Å²) in [7, 11) is 0. The summed E-state index contributed by atoms with van der Waals surface area (Å²) in [6.07, 6.45) is 6.49. The molecule has 2 N–H and O–H groups in total. The number of aryl methyl sites for hydroxylation is 1. The van der Waals surface area contributed by atoms with E-state index in [9.17, 15) is 5.11 Å². The number of nitrogens with zero attached hydrogens (tertiary/aromatic N) is 1. The van der Waals surface area contributed by atoms with Gasteiger partial charge in [-0.3, -0.25) is 0 Å². The molecule has 1 aromatic heterocycles. The van der Waals surface area contributed by atoms with Crippen molar-refractivity contribution >= 4 is 16.7 Å². The first-order chi connectivity index (χ1) is 14.8. The minimum Gasteiger partial charge on any atom is -0.491 e. The molecule has 6 rings (SSSR count). The minimum absolute atomic E-state index is 0.0795. The number of aliphatic hydroxyl groups excluding tert-OH is 1. The first-order valence-corrected chi connectivity index (χ1v) is 11.2. The molecule has 156 valence electrons. The Balaban J connectivity index is 1.12. The van der Waals surface area contributed by atoms with E-state index in [0.717, 1.165) is 74.1 Å². The van der Waals surface area contributed by atoms with Crippen molar-refractivity contribution in [1.29, 1.82) is 0 Å². The number of hydrogen-bond acceptors (Lipinski definition) is 5. The summed E-state index contributed by atoms with van der Waals surface area (Å²) in [6, 6.07) is 13.2. The molecule has 2 atom stereocenters. The molecule has 0 amide bonds. The lowest BCUT2D eigenvalue weighted by molar-refractivity contribution is 0.132. The number of rotatable bonds is 3. The second-order valence-electron chi connectivity index (χ2n) is 8.91. The van der Waals surface area contributed by atoms with Crippen LogP contribution in [0.2, 0.25) is 0 Å². The second-order valence-corrected chi connectivity index (χ2v) is 8.91. The van der Waals surface area contributed by atoms with Crippen LogP contribution >= 0.6 is 0 Å². The topological polar surface area (TPSA) is 57.9 Å². The molecule has 2 aromatic carbocycles. The van der Waals surface area contributed by atoms with Gasteiger partial charge in [0.1, 0.15) is 11.3 Å². The highest BCUT2D eigenvalue weighted by molar-refractivity contribution is 5.79. The van der Waals surface area contributed by atoms with Crippen LogP contribution in [-0.2, 0) is 12.8 Å². The zero-order chi connectivity index (χ0) is 20.1. The lowest BCUT2D eigenvalue weighted by atomic mass is 10.00. The number of hydrogen-bond donors (Lipinski definition) is 2. The molecule has 5 nitrogen and oxygen atoms in total. The third-order valence-corrected chi connectivity index (χ3v) is 7.05. The zero-order valence-corrected chi connectivity index (χ0v) is 17.1. The molecule has 3 aromatic rings. The van der Waals surface area contributed by atoms with Gasteiger partial charge in [0.25, 0.3) is 0 Å². The predicted octanol–water partition coefficient (Wildman–Crippen LogP) is 3.97. The van der Waals surface area contributed by atoms with E-state index in [1.807, 2.05) is 6.07 Å². The van der Waals surface area contributed by atoms with Crippen molar-refractivity contribution in [3.05, 3.63) is 59.4 Å². The van der Waals surface area contributed by atoms with Gasteiger partial charge in [-0.15, -0.1) is 0 Å². The van der Waals surface area contributed by atoms with Crippen LogP contribution in [0.15, 0.2) is 47.1 Å². The van der Waals surface area contributed by atoms with E-state index in [1.165, 1.54) is 16.8 Å². The minimum atomic E-state index is -0.452. The Morgan fingerprint density at radius 2 is 1.97 bits per heavy atom. The Morgan fingerprint density at radius 1 is 1.07 bits per heavy atom. The maximum atomic E-state index is 10.9. The van der Waals surface area contributed by atoms with Crippen LogP contribution in [0.5, 0.6) is 5.75 Å². The average molecular weight is 405 g/mol. The molecule has 1 aliphatic carbocycles. The summed E-state index contributed by atoms with van der Waals surface area (Å²) in [5, 5.41) is 15.7. The molecule has 30 heavy (non-hydrogen) atoms. The lowest BCUT2D eigenvalue weighted by Crippen LogP contribution is -2.47. The zero-order valence-electron chi connectivity index (χ0n) is 17.1. The summed E-state index contributed by atoms with van der Waals surface area (Å²) in [5.74, 6) is 1.10. The van der Waals surface area contributed by atoms with E-state index in [2.05, 4.69) is 40.5 Å². The molecule has 1 saturated heterocycles. The van der Waals surface area contributed by atoms with E-state index in [4.69, 9.17) is 9.15 Å². The Kier molecular flexibility index (Phi) is 4.46. The number of furan rings is 1. The van der Waals surface area contributed by atoms with E-state index >= 15 is 0 Å². The molecule has 0 spiro atoms. The monoisotopic (exact) mass is 404 g/mol. The molecular formula is C25H28N2O3. The highest BCUT2D eigenvalue weighted by atomic mass is 16.5. The number of fused-ring (bicyclic) bond motifs is 3. The standard InChI is InChI=1S/C25H28N2O3/c28-24-20-13-17-8-12-29-23(17)15-18(20)14-21(24)26-19-6-9-27(10-7-19)22-5-1-3-16-4-2-11-30-25(16)22/h1,3,5,8,12-13,15,19,21,24,26,28H,2,4,6-7,9-11,14H2. The SMILES string of the molecule is OC1c2cc3ccoc3cc2CC1NC1CCN(c2cccc3c2OCCC3)CC1. The van der Waals surface area contributed by atoms with Crippen LogP contribution in [0.1, 0.15) is 42.1 Å². The van der Waals surface area contributed by atoms with E-state index in [1.54, 1.807) is 6.26 Å². The van der Waals surface area contributed by atoms with Crippen molar-refractivity contribution in [1.82, 2.24) is 5.32 Å². The summed E-state index contributed by atoms with van der Waals surface area (Å²) >= 11 is 0. The summed E-state index contributed by atoms with van der Waals surface area (Å²) < 4.78 is 11.6. The molecule has 1 fully saturated rings. The number of anilines is 1. The van der Waals surface area contributed by atoms with Gasteiger partial charge in [-0.2, -0.15) is 0 Å². The summed E-state index contributed by atoms with van der Waals surface area (Å²) in [6.45, 7) is 2.85. The molecule has 2 aliphatic heterocycles. The lowest BCUT2D eigenvalue weighted by Gasteiger charge is -2.37. The second kappa shape index (κ2) is 7.33. The van der Waals surface area contributed by atoms with Crippen molar-refractivity contribution in [2.75, 3.05) is 24.6 Å². The summed E-state index contributed by atoms with van der Waals surface area (Å²) in [4.78, 5) is 2.47. The van der Waals surface area contributed by atoms with Gasteiger partial charge >= 0.3 is 0 Å². The normalized spacial score (nSPS) is 24.0. The molecule has 0 saturated carbocycles. The van der Waals surface area contributed by atoms with E-state index in [0.29, 0.717) is 6.04 Å². The van der Waals surface area contributed by atoms with Crippen LogP contribution in [0.25, 0.3) is 11.0 Å². The van der Waals surface area contributed by atoms with Crippen LogP contribution in [0.3, 0.4) is 0 Å². The van der Waals surface area contributed by atoms with Crippen LogP contribution in [-0.4, -0.2) is 36.9 Å². The van der Waals surface area contributed by atoms with Gasteiger partial charge in [0.15, 0.2) is 0 Å². The van der Waals surface area contributed by atoms with Gasteiger partial charge in [0.2, 0.25) is 0 Å². The molecule has 5 heteroatoms. The maximum absolute atomic E-state index is 10.9. The maximum Gasteiger partial charge on any atom is 0.145 e. The number of piperidine rings is 1. The van der Waals surface area contributed by atoms with Crippen molar-refractivity contribution < 1.29 is 14.3 Å². The molecule has 0 bridgehead atoms. The fourth-order valence-electron chi connectivity index (χ4n) is 5.45. The molecule has 3 aliphatic rings. The predicted molar refractivity (Wildman–Crippen MR) is 117 cm³/mol. The Morgan fingerprint density at radius 3 is 2.87 bits per heavy atom. The van der Waals surface area contributed by atoms with Gasteiger partial charge in [-0.25, -0.2) is 0 Å². The highest BCUT2D eigenvalue weighted by Crippen LogP contribution is 2.38. The van der Waals surface area contributed by atoms with Crippen LogP contribution in [0.4, 0.5) is 5.69 Å². The van der Waals surface area contributed by atoms with Gasteiger partial charge in [-0.1, -0.05) is 12.1 Å². The number of benzene rings is 2. The van der Waals surface area contributed by atoms with Gasteiger partial charge < -0.3 is 24.5 Å². The third kappa shape index (κ3) is 3.08. The van der Waals surface area contributed by atoms with Crippen LogP contribution < -0.4 is 15.0 Å². The Labute approximate surface area is 176 Å². The highest BCUT2D eigenvalue weighted by Gasteiger charge is 2.34.